The third-order valence-corrected chi connectivity index (χ3v) is 4.23. The van der Waals surface area contributed by atoms with Gasteiger partial charge in [0, 0.05) is 25.0 Å². The predicted molar refractivity (Wildman–Crippen MR) is 86.1 cm³/mol. The topological polar surface area (TPSA) is 23.5 Å². The summed E-state index contributed by atoms with van der Waals surface area (Å²) < 4.78 is 0. The summed E-state index contributed by atoms with van der Waals surface area (Å²) in [6, 6.07) is 11.1. The molecule has 0 aliphatic carbocycles. The molecule has 0 radical (unpaired) electrons. The van der Waals surface area contributed by atoms with Crippen LogP contribution in [0.1, 0.15) is 38.2 Å². The third kappa shape index (κ3) is 5.17. The first-order valence-electron chi connectivity index (χ1n) is 7.27. The molecule has 2 nitrogen and oxygen atoms in total. The first kappa shape index (κ1) is 16.5. The van der Waals surface area contributed by atoms with Gasteiger partial charge in [0.2, 0.25) is 0 Å². The number of nitrogens with zero attached hydrogens (tertiary/aromatic N) is 1. The number of thiol groups is 1. The number of aliphatic hydroxyl groups excluding tert-OH is 1. The maximum atomic E-state index is 9.27. The van der Waals surface area contributed by atoms with Gasteiger partial charge in [0.1, 0.15) is 0 Å². The van der Waals surface area contributed by atoms with Crippen LogP contribution in [0.2, 0.25) is 0 Å². The van der Waals surface area contributed by atoms with Gasteiger partial charge in [-0.15, -0.1) is 0 Å². The summed E-state index contributed by atoms with van der Waals surface area (Å²) in [5, 5.41) is 9.27. The fraction of sp³-hybridized carbons (Fsp3) is 0.625. The highest BCUT2D eigenvalue weighted by Crippen LogP contribution is 2.21. The smallest absolute Gasteiger partial charge is 0.0558 e. The van der Waals surface area contributed by atoms with E-state index in [2.05, 4.69) is 55.6 Å². The Bertz CT molecular complexity index is 327. The van der Waals surface area contributed by atoms with Crippen LogP contribution in [0.5, 0.6) is 0 Å². The molecule has 0 amide bonds. The molecule has 0 heterocycles. The fourth-order valence-corrected chi connectivity index (χ4v) is 2.96. The van der Waals surface area contributed by atoms with E-state index in [9.17, 15) is 5.11 Å². The van der Waals surface area contributed by atoms with Crippen molar-refractivity contribution in [3.8, 4) is 0 Å². The van der Waals surface area contributed by atoms with Crippen molar-refractivity contribution in [2.24, 2.45) is 0 Å². The summed E-state index contributed by atoms with van der Waals surface area (Å²) in [6.07, 6.45) is 2.26. The first-order valence-corrected chi connectivity index (χ1v) is 7.90. The summed E-state index contributed by atoms with van der Waals surface area (Å²) in [5.41, 5.74) is 1.34. The zero-order valence-corrected chi connectivity index (χ0v) is 13.0. The quantitative estimate of drug-likeness (QED) is 0.679. The number of benzene rings is 1. The summed E-state index contributed by atoms with van der Waals surface area (Å²) in [4.78, 5) is 2.41. The minimum Gasteiger partial charge on any atom is -0.395 e. The van der Waals surface area contributed by atoms with E-state index in [1.807, 2.05) is 6.07 Å². The van der Waals surface area contributed by atoms with Crippen LogP contribution in [-0.2, 0) is 0 Å². The van der Waals surface area contributed by atoms with Gasteiger partial charge in [-0.2, -0.15) is 12.6 Å². The lowest BCUT2D eigenvalue weighted by Gasteiger charge is -2.33. The lowest BCUT2D eigenvalue weighted by Crippen LogP contribution is -2.40. The molecule has 0 spiro atoms. The Balaban J connectivity index is 2.75. The Morgan fingerprint density at radius 1 is 1.16 bits per heavy atom. The number of hydrogen-bond donors (Lipinski definition) is 2. The van der Waals surface area contributed by atoms with Crippen LogP contribution in [0.4, 0.5) is 0 Å². The standard InChI is InChI=1S/C16H27NOS/c1-3-16(4-2)17(10-11-18)12-15(13-19)14-8-6-5-7-9-14/h5-9,15-16,18-19H,3-4,10-13H2,1-2H3. The van der Waals surface area contributed by atoms with E-state index in [4.69, 9.17) is 0 Å². The second kappa shape index (κ2) is 9.40. The second-order valence-electron chi connectivity index (χ2n) is 4.98. The molecule has 3 heteroatoms. The highest BCUT2D eigenvalue weighted by atomic mass is 32.1. The Morgan fingerprint density at radius 2 is 1.79 bits per heavy atom. The number of rotatable bonds is 9. The molecule has 0 aliphatic heterocycles. The van der Waals surface area contributed by atoms with E-state index in [-0.39, 0.29) is 6.61 Å². The zero-order valence-electron chi connectivity index (χ0n) is 12.1. The van der Waals surface area contributed by atoms with Gasteiger partial charge in [-0.1, -0.05) is 44.2 Å². The van der Waals surface area contributed by atoms with Crippen molar-refractivity contribution < 1.29 is 5.11 Å². The van der Waals surface area contributed by atoms with E-state index < -0.39 is 0 Å². The predicted octanol–water partition coefficient (Wildman–Crippen LogP) is 3.18. The lowest BCUT2D eigenvalue weighted by molar-refractivity contribution is 0.138. The second-order valence-corrected chi connectivity index (χ2v) is 5.34. The summed E-state index contributed by atoms with van der Waals surface area (Å²) in [6.45, 7) is 6.39. The highest BCUT2D eigenvalue weighted by molar-refractivity contribution is 7.80. The van der Waals surface area contributed by atoms with Crippen LogP contribution in [0, 0.1) is 0 Å². The van der Waals surface area contributed by atoms with Crippen molar-refractivity contribution in [3.63, 3.8) is 0 Å². The van der Waals surface area contributed by atoms with Crippen LogP contribution in [0.25, 0.3) is 0 Å². The molecule has 0 aromatic heterocycles. The fourth-order valence-electron chi connectivity index (χ4n) is 2.63. The molecule has 108 valence electrons. The molecule has 19 heavy (non-hydrogen) atoms. The summed E-state index contributed by atoms with van der Waals surface area (Å²) in [5.74, 6) is 1.27. The average molecular weight is 281 g/mol. The van der Waals surface area contributed by atoms with Gasteiger partial charge in [-0.3, -0.25) is 4.90 Å². The van der Waals surface area contributed by atoms with Gasteiger partial charge in [0.05, 0.1) is 6.61 Å². The molecule has 0 bridgehead atoms. The normalized spacial score (nSPS) is 13.2. The van der Waals surface area contributed by atoms with Crippen molar-refractivity contribution in [2.45, 2.75) is 38.6 Å². The van der Waals surface area contributed by atoms with Gasteiger partial charge in [0.15, 0.2) is 0 Å². The molecule has 1 aromatic carbocycles. The Labute approximate surface area is 123 Å². The minimum atomic E-state index is 0.227. The van der Waals surface area contributed by atoms with E-state index in [1.54, 1.807) is 0 Å². The van der Waals surface area contributed by atoms with Gasteiger partial charge in [-0.25, -0.2) is 0 Å². The van der Waals surface area contributed by atoms with Gasteiger partial charge < -0.3 is 5.11 Å². The van der Waals surface area contributed by atoms with Gasteiger partial charge in [0.25, 0.3) is 0 Å². The van der Waals surface area contributed by atoms with Gasteiger partial charge >= 0.3 is 0 Å². The molecule has 0 fully saturated rings. The van der Waals surface area contributed by atoms with Crippen molar-refractivity contribution in [1.29, 1.82) is 0 Å². The first-order chi connectivity index (χ1) is 9.26. The van der Waals surface area contributed by atoms with Crippen LogP contribution in [-0.4, -0.2) is 41.5 Å². The SMILES string of the molecule is CCC(CC)N(CCO)CC(CS)c1ccccc1. The van der Waals surface area contributed by atoms with Crippen molar-refractivity contribution in [1.82, 2.24) is 4.90 Å². The van der Waals surface area contributed by atoms with Crippen LogP contribution >= 0.6 is 12.6 Å². The maximum absolute atomic E-state index is 9.27. The molecular formula is C16H27NOS. The number of aliphatic hydroxyl groups is 1. The van der Waals surface area contributed by atoms with E-state index in [0.29, 0.717) is 12.0 Å². The molecule has 1 rings (SSSR count). The Kier molecular flexibility index (Phi) is 8.19. The average Bonchev–Trinajstić information content (AvgIpc) is 2.46. The van der Waals surface area contributed by atoms with Crippen molar-refractivity contribution in [2.75, 3.05) is 25.4 Å². The zero-order chi connectivity index (χ0) is 14.1. The van der Waals surface area contributed by atoms with Crippen LogP contribution < -0.4 is 0 Å². The molecule has 0 saturated carbocycles. The van der Waals surface area contributed by atoms with Crippen molar-refractivity contribution >= 4 is 12.6 Å². The van der Waals surface area contributed by atoms with E-state index in [1.165, 1.54) is 5.56 Å². The lowest BCUT2D eigenvalue weighted by atomic mass is 9.99. The molecule has 1 aromatic rings. The largest absolute Gasteiger partial charge is 0.395 e. The third-order valence-electron chi connectivity index (χ3n) is 3.79. The van der Waals surface area contributed by atoms with Gasteiger partial charge in [-0.05, 0) is 24.2 Å². The molecule has 1 unspecified atom stereocenters. The summed E-state index contributed by atoms with van der Waals surface area (Å²) >= 11 is 4.51. The van der Waals surface area contributed by atoms with E-state index >= 15 is 0 Å². The van der Waals surface area contributed by atoms with Crippen molar-refractivity contribution in [3.05, 3.63) is 35.9 Å². The Hall–Kier alpha value is -0.510. The van der Waals surface area contributed by atoms with Crippen LogP contribution in [0.3, 0.4) is 0 Å². The Morgan fingerprint density at radius 3 is 2.26 bits per heavy atom. The molecule has 1 N–H and O–H groups in total. The number of hydrogen-bond acceptors (Lipinski definition) is 3. The molecule has 1 atom stereocenters. The molecule has 0 saturated heterocycles. The van der Waals surface area contributed by atoms with Crippen LogP contribution in [0.15, 0.2) is 30.3 Å². The van der Waals surface area contributed by atoms with E-state index in [0.717, 1.165) is 31.7 Å². The summed E-state index contributed by atoms with van der Waals surface area (Å²) in [7, 11) is 0. The molecule has 0 aliphatic rings. The highest BCUT2D eigenvalue weighted by Gasteiger charge is 2.19. The monoisotopic (exact) mass is 281 g/mol. The molecular weight excluding hydrogens is 254 g/mol. The maximum Gasteiger partial charge on any atom is 0.0558 e. The minimum absolute atomic E-state index is 0.227.